The molecule has 0 radical (unpaired) electrons. The lowest BCUT2D eigenvalue weighted by molar-refractivity contribution is -0.119. The van der Waals surface area contributed by atoms with Crippen LogP contribution in [-0.2, 0) is 11.2 Å². The average molecular weight is 446 g/mol. The molecule has 1 aliphatic rings. The van der Waals surface area contributed by atoms with Gasteiger partial charge in [0, 0.05) is 23.9 Å². The summed E-state index contributed by atoms with van der Waals surface area (Å²) < 4.78 is 28.1. The Bertz CT molecular complexity index is 1260. The fourth-order valence-electron chi connectivity index (χ4n) is 3.58. The summed E-state index contributed by atoms with van der Waals surface area (Å²) in [6.45, 7) is 0.264. The number of carbonyl (C=O) groups is 2. The standard InChI is InChI=1S/C25H20F2N4O2/c26-17-9-7-15(8-10-17)16-12-21(30-14-16)23-19(5-3-6-20(23)27)25(33)31-22(24(28)32)13-18-4-1-2-11-29-18/h1-12,22H,13-14H2,(H2,28,32)(H,31,33)/t22-/m1/s1. The molecule has 3 aromatic rings. The maximum atomic E-state index is 14.8. The van der Waals surface area contributed by atoms with Gasteiger partial charge in [-0.3, -0.25) is 19.6 Å². The summed E-state index contributed by atoms with van der Waals surface area (Å²) in [5.74, 6) is -2.38. The van der Waals surface area contributed by atoms with E-state index in [9.17, 15) is 18.4 Å². The summed E-state index contributed by atoms with van der Waals surface area (Å²) in [4.78, 5) is 33.5. The predicted octanol–water partition coefficient (Wildman–Crippen LogP) is 3.07. The van der Waals surface area contributed by atoms with Crippen LogP contribution in [-0.4, -0.2) is 35.1 Å². The molecule has 0 saturated heterocycles. The van der Waals surface area contributed by atoms with Crippen molar-refractivity contribution in [3.63, 3.8) is 0 Å². The molecular formula is C25H20F2N4O2. The normalized spacial score (nSPS) is 13.8. The Kier molecular flexibility index (Phi) is 6.35. The molecule has 2 aromatic carbocycles. The van der Waals surface area contributed by atoms with Gasteiger partial charge in [0.05, 0.1) is 17.8 Å². The van der Waals surface area contributed by atoms with Crippen molar-refractivity contribution in [3.05, 3.63) is 107 Å². The highest BCUT2D eigenvalue weighted by Crippen LogP contribution is 2.25. The van der Waals surface area contributed by atoms with Crippen LogP contribution in [0.1, 0.15) is 27.2 Å². The molecule has 6 nitrogen and oxygen atoms in total. The second-order valence-corrected chi connectivity index (χ2v) is 7.49. The fourth-order valence-corrected chi connectivity index (χ4v) is 3.58. The first-order valence-electron chi connectivity index (χ1n) is 10.2. The summed E-state index contributed by atoms with van der Waals surface area (Å²) in [7, 11) is 0. The van der Waals surface area contributed by atoms with Crippen LogP contribution in [0, 0.1) is 11.6 Å². The molecule has 3 N–H and O–H groups in total. The predicted molar refractivity (Wildman–Crippen MR) is 121 cm³/mol. The van der Waals surface area contributed by atoms with Crippen molar-refractivity contribution in [2.45, 2.75) is 12.5 Å². The van der Waals surface area contributed by atoms with Crippen molar-refractivity contribution in [2.75, 3.05) is 6.54 Å². The van der Waals surface area contributed by atoms with Crippen LogP contribution < -0.4 is 11.1 Å². The summed E-state index contributed by atoms with van der Waals surface area (Å²) in [5.41, 5.74) is 7.91. The van der Waals surface area contributed by atoms with E-state index >= 15 is 0 Å². The van der Waals surface area contributed by atoms with Crippen LogP contribution in [0.25, 0.3) is 5.57 Å². The van der Waals surface area contributed by atoms with Gasteiger partial charge in [0.25, 0.3) is 5.91 Å². The number of hydrogen-bond donors (Lipinski definition) is 2. The van der Waals surface area contributed by atoms with E-state index < -0.39 is 23.7 Å². The lowest BCUT2D eigenvalue weighted by Gasteiger charge is -2.17. The monoisotopic (exact) mass is 446 g/mol. The lowest BCUT2D eigenvalue weighted by atomic mass is 9.99. The van der Waals surface area contributed by atoms with Crippen LogP contribution >= 0.6 is 0 Å². The van der Waals surface area contributed by atoms with Crippen LogP contribution in [0.15, 0.2) is 77.9 Å². The molecule has 0 unspecified atom stereocenters. The van der Waals surface area contributed by atoms with E-state index in [1.165, 1.54) is 30.3 Å². The third-order valence-electron chi connectivity index (χ3n) is 5.25. The fraction of sp³-hybridized carbons (Fsp3) is 0.120. The smallest absolute Gasteiger partial charge is 0.252 e. The minimum Gasteiger partial charge on any atom is -0.368 e. The van der Waals surface area contributed by atoms with Gasteiger partial charge >= 0.3 is 0 Å². The second kappa shape index (κ2) is 9.52. The number of primary amides is 1. The molecule has 33 heavy (non-hydrogen) atoms. The number of aromatic nitrogens is 1. The first kappa shape index (κ1) is 22.0. The van der Waals surface area contributed by atoms with Gasteiger partial charge in [-0.1, -0.05) is 24.3 Å². The van der Waals surface area contributed by atoms with Crippen molar-refractivity contribution in [3.8, 4) is 0 Å². The molecule has 1 aliphatic heterocycles. The number of amides is 2. The number of aliphatic imine (C=N–C) groups is 1. The largest absolute Gasteiger partial charge is 0.368 e. The molecule has 0 aliphatic carbocycles. The van der Waals surface area contributed by atoms with Gasteiger partial charge in [0.1, 0.15) is 17.7 Å². The molecule has 0 fully saturated rings. The number of nitrogens with two attached hydrogens (primary N) is 1. The number of benzene rings is 2. The molecule has 4 rings (SSSR count). The van der Waals surface area contributed by atoms with E-state index in [1.54, 1.807) is 42.6 Å². The van der Waals surface area contributed by atoms with Crippen molar-refractivity contribution in [1.29, 1.82) is 0 Å². The number of halogens is 2. The number of hydrogen-bond acceptors (Lipinski definition) is 4. The lowest BCUT2D eigenvalue weighted by Crippen LogP contribution is -2.46. The Morgan fingerprint density at radius 3 is 2.52 bits per heavy atom. The third-order valence-corrected chi connectivity index (χ3v) is 5.25. The molecule has 0 bridgehead atoms. The van der Waals surface area contributed by atoms with Crippen molar-refractivity contribution in [1.82, 2.24) is 10.3 Å². The second-order valence-electron chi connectivity index (χ2n) is 7.49. The zero-order valence-electron chi connectivity index (χ0n) is 17.5. The van der Waals surface area contributed by atoms with Crippen LogP contribution in [0.5, 0.6) is 0 Å². The Morgan fingerprint density at radius 1 is 1.03 bits per heavy atom. The molecule has 2 amide bonds. The summed E-state index contributed by atoms with van der Waals surface area (Å²) in [6, 6.07) is 14.2. The Morgan fingerprint density at radius 2 is 1.82 bits per heavy atom. The minimum absolute atomic E-state index is 0.0215. The van der Waals surface area contributed by atoms with Gasteiger partial charge in [-0.05, 0) is 53.6 Å². The van der Waals surface area contributed by atoms with Crippen molar-refractivity contribution >= 4 is 23.1 Å². The quantitative estimate of drug-likeness (QED) is 0.584. The Balaban J connectivity index is 1.60. The minimum atomic E-state index is -1.03. The molecule has 1 aromatic heterocycles. The first-order valence-corrected chi connectivity index (χ1v) is 10.2. The Hall–Kier alpha value is -4.20. The molecule has 8 heteroatoms. The number of allylic oxidation sites excluding steroid dienone is 1. The average Bonchev–Trinajstić information content (AvgIpc) is 3.29. The van der Waals surface area contributed by atoms with E-state index in [0.29, 0.717) is 5.69 Å². The third kappa shape index (κ3) is 5.01. The number of nitrogens with one attached hydrogen (secondary N) is 1. The molecule has 0 saturated carbocycles. The molecule has 1 atom stereocenters. The van der Waals surface area contributed by atoms with E-state index in [1.807, 2.05) is 0 Å². The van der Waals surface area contributed by atoms with E-state index in [0.717, 1.165) is 11.1 Å². The van der Waals surface area contributed by atoms with Gasteiger partial charge in [-0.25, -0.2) is 8.78 Å². The summed E-state index contributed by atoms with van der Waals surface area (Å²) >= 11 is 0. The molecule has 166 valence electrons. The highest BCUT2D eigenvalue weighted by Gasteiger charge is 2.25. The van der Waals surface area contributed by atoms with Crippen LogP contribution in [0.3, 0.4) is 0 Å². The van der Waals surface area contributed by atoms with Crippen LogP contribution in [0.4, 0.5) is 8.78 Å². The van der Waals surface area contributed by atoms with Gasteiger partial charge in [0.2, 0.25) is 5.91 Å². The van der Waals surface area contributed by atoms with Crippen molar-refractivity contribution < 1.29 is 18.4 Å². The number of pyridine rings is 1. The van der Waals surface area contributed by atoms with Crippen LogP contribution in [0.2, 0.25) is 0 Å². The molecule has 2 heterocycles. The van der Waals surface area contributed by atoms with E-state index in [-0.39, 0.29) is 35.6 Å². The maximum absolute atomic E-state index is 14.8. The molecular weight excluding hydrogens is 426 g/mol. The van der Waals surface area contributed by atoms with Gasteiger partial charge < -0.3 is 11.1 Å². The van der Waals surface area contributed by atoms with Gasteiger partial charge in [0.15, 0.2) is 0 Å². The van der Waals surface area contributed by atoms with E-state index in [4.69, 9.17) is 5.73 Å². The number of rotatable bonds is 7. The van der Waals surface area contributed by atoms with E-state index in [2.05, 4.69) is 15.3 Å². The van der Waals surface area contributed by atoms with Gasteiger partial charge in [-0.15, -0.1) is 0 Å². The van der Waals surface area contributed by atoms with Crippen molar-refractivity contribution in [2.24, 2.45) is 10.7 Å². The zero-order valence-corrected chi connectivity index (χ0v) is 17.5. The summed E-state index contributed by atoms with van der Waals surface area (Å²) in [5, 5.41) is 2.58. The zero-order chi connectivity index (χ0) is 23.4. The SMILES string of the molecule is NC(=O)[C@@H](Cc1ccccn1)NC(=O)c1cccc(F)c1C1=NCC(c2ccc(F)cc2)=C1. The summed E-state index contributed by atoms with van der Waals surface area (Å²) in [6.07, 6.45) is 3.34. The highest BCUT2D eigenvalue weighted by molar-refractivity contribution is 6.19. The first-order chi connectivity index (χ1) is 15.9. The number of nitrogens with zero attached hydrogens (tertiary/aromatic N) is 2. The topological polar surface area (TPSA) is 97.4 Å². The maximum Gasteiger partial charge on any atom is 0.252 e. The number of carbonyl (C=O) groups excluding carboxylic acids is 2. The Labute approximate surface area is 188 Å². The highest BCUT2D eigenvalue weighted by atomic mass is 19.1. The molecule has 0 spiro atoms. The van der Waals surface area contributed by atoms with Gasteiger partial charge in [-0.2, -0.15) is 0 Å².